The maximum atomic E-state index is 12.0. The van der Waals surface area contributed by atoms with Crippen molar-refractivity contribution in [1.82, 2.24) is 0 Å². The van der Waals surface area contributed by atoms with Crippen molar-refractivity contribution in [2.45, 2.75) is 39.0 Å². The molecule has 0 fully saturated rings. The van der Waals surface area contributed by atoms with Gasteiger partial charge in [0, 0.05) is 5.57 Å². The van der Waals surface area contributed by atoms with Crippen LogP contribution in [-0.2, 0) is 9.53 Å². The number of hydrogen-bond acceptors (Lipinski definition) is 2. The Bertz CT molecular complexity index is 569. The van der Waals surface area contributed by atoms with Crippen LogP contribution in [0.4, 0.5) is 0 Å². The van der Waals surface area contributed by atoms with E-state index in [4.69, 9.17) is 4.74 Å². The number of aryl methyl sites for hydroxylation is 1. The third-order valence-electron chi connectivity index (χ3n) is 4.66. The Labute approximate surface area is 114 Å². The Morgan fingerprint density at radius 1 is 1.37 bits per heavy atom. The maximum absolute atomic E-state index is 12.0. The number of allylic oxidation sites excluding steroid dienone is 1. The summed E-state index contributed by atoms with van der Waals surface area (Å²) in [4.78, 5) is 12.0. The van der Waals surface area contributed by atoms with E-state index in [0.717, 1.165) is 18.4 Å². The Kier molecular flexibility index (Phi) is 2.96. The second-order valence-corrected chi connectivity index (χ2v) is 5.76. The van der Waals surface area contributed by atoms with E-state index in [1.54, 1.807) is 0 Å². The van der Waals surface area contributed by atoms with Gasteiger partial charge in [-0.05, 0) is 54.7 Å². The van der Waals surface area contributed by atoms with Crippen molar-refractivity contribution in [3.05, 3.63) is 40.5 Å². The van der Waals surface area contributed by atoms with Crippen molar-refractivity contribution in [3.63, 3.8) is 0 Å². The zero-order valence-corrected chi connectivity index (χ0v) is 11.8. The summed E-state index contributed by atoms with van der Waals surface area (Å²) in [5.74, 6) is 0.879. The lowest BCUT2D eigenvalue weighted by molar-refractivity contribution is -0.136. The highest BCUT2D eigenvalue weighted by Gasteiger charge is 2.38. The minimum absolute atomic E-state index is 0.139. The SMILES string of the molecule is COC(=O)C1=C2c3ccc(C)cc3[C@@H](C)[C@@H]2CCC1. The van der Waals surface area contributed by atoms with Gasteiger partial charge >= 0.3 is 5.97 Å². The fourth-order valence-electron chi connectivity index (χ4n) is 3.72. The van der Waals surface area contributed by atoms with Crippen LogP contribution in [-0.4, -0.2) is 13.1 Å². The molecule has 1 aromatic carbocycles. The molecule has 2 heteroatoms. The van der Waals surface area contributed by atoms with E-state index in [-0.39, 0.29) is 5.97 Å². The van der Waals surface area contributed by atoms with Crippen LogP contribution in [0.5, 0.6) is 0 Å². The Morgan fingerprint density at radius 2 is 2.16 bits per heavy atom. The number of carbonyl (C=O) groups is 1. The molecule has 2 atom stereocenters. The molecule has 0 unspecified atom stereocenters. The minimum Gasteiger partial charge on any atom is -0.466 e. The highest BCUT2D eigenvalue weighted by molar-refractivity contribution is 6.00. The van der Waals surface area contributed by atoms with Gasteiger partial charge in [0.05, 0.1) is 7.11 Å². The molecule has 2 aliphatic carbocycles. The summed E-state index contributed by atoms with van der Waals surface area (Å²) in [7, 11) is 1.48. The quantitative estimate of drug-likeness (QED) is 0.714. The van der Waals surface area contributed by atoms with E-state index in [9.17, 15) is 4.79 Å². The van der Waals surface area contributed by atoms with Gasteiger partial charge in [0.25, 0.3) is 0 Å². The molecule has 19 heavy (non-hydrogen) atoms. The first kappa shape index (κ1) is 12.5. The first-order chi connectivity index (χ1) is 9.13. The van der Waals surface area contributed by atoms with Crippen LogP contribution < -0.4 is 0 Å². The third kappa shape index (κ3) is 1.81. The molecular weight excluding hydrogens is 236 g/mol. The predicted octanol–water partition coefficient (Wildman–Crippen LogP) is 3.84. The van der Waals surface area contributed by atoms with Crippen LogP contribution >= 0.6 is 0 Å². The van der Waals surface area contributed by atoms with Gasteiger partial charge in [-0.1, -0.05) is 30.7 Å². The smallest absolute Gasteiger partial charge is 0.334 e. The minimum atomic E-state index is -0.139. The highest BCUT2D eigenvalue weighted by Crippen LogP contribution is 2.52. The summed E-state index contributed by atoms with van der Waals surface area (Å²) in [6.07, 6.45) is 3.14. The van der Waals surface area contributed by atoms with Crippen LogP contribution in [0.15, 0.2) is 23.8 Å². The molecule has 0 amide bonds. The number of fused-ring (bicyclic) bond motifs is 3. The molecule has 0 bridgehead atoms. The summed E-state index contributed by atoms with van der Waals surface area (Å²) in [6.45, 7) is 4.42. The van der Waals surface area contributed by atoms with Crippen molar-refractivity contribution in [2.24, 2.45) is 5.92 Å². The van der Waals surface area contributed by atoms with Gasteiger partial charge in [0.2, 0.25) is 0 Å². The van der Waals surface area contributed by atoms with E-state index >= 15 is 0 Å². The average molecular weight is 256 g/mol. The highest BCUT2D eigenvalue weighted by atomic mass is 16.5. The number of methoxy groups -OCH3 is 1. The van der Waals surface area contributed by atoms with Gasteiger partial charge in [-0.3, -0.25) is 0 Å². The van der Waals surface area contributed by atoms with E-state index < -0.39 is 0 Å². The summed E-state index contributed by atoms with van der Waals surface area (Å²) < 4.78 is 4.98. The van der Waals surface area contributed by atoms with Crippen LogP contribution in [0, 0.1) is 12.8 Å². The standard InChI is InChI=1S/C17H20O2/c1-10-7-8-13-15(9-10)11(2)12-5-4-6-14(16(12)13)17(18)19-3/h7-9,11-12H,4-6H2,1-3H3/t11-,12-/m0/s1. The Balaban J connectivity index is 2.21. The van der Waals surface area contributed by atoms with Gasteiger partial charge in [-0.2, -0.15) is 0 Å². The molecule has 1 aromatic rings. The van der Waals surface area contributed by atoms with Gasteiger partial charge < -0.3 is 4.74 Å². The molecule has 3 rings (SSSR count). The van der Waals surface area contributed by atoms with Crippen LogP contribution in [0.1, 0.15) is 48.8 Å². The molecule has 2 aliphatic rings. The molecule has 0 heterocycles. The van der Waals surface area contributed by atoms with Crippen LogP contribution in [0.25, 0.3) is 5.57 Å². The molecule has 0 spiro atoms. The largest absolute Gasteiger partial charge is 0.466 e. The van der Waals surface area contributed by atoms with Crippen LogP contribution in [0.3, 0.4) is 0 Å². The van der Waals surface area contributed by atoms with Crippen molar-refractivity contribution < 1.29 is 9.53 Å². The van der Waals surface area contributed by atoms with Gasteiger partial charge in [0.15, 0.2) is 0 Å². The Morgan fingerprint density at radius 3 is 2.89 bits per heavy atom. The van der Waals surface area contributed by atoms with Crippen molar-refractivity contribution >= 4 is 11.5 Å². The molecule has 0 aliphatic heterocycles. The topological polar surface area (TPSA) is 26.3 Å². The number of ether oxygens (including phenoxy) is 1. The van der Waals surface area contributed by atoms with Crippen molar-refractivity contribution in [1.29, 1.82) is 0 Å². The number of esters is 1. The van der Waals surface area contributed by atoms with E-state index in [1.807, 2.05) is 0 Å². The first-order valence-corrected chi connectivity index (χ1v) is 7.05. The van der Waals surface area contributed by atoms with E-state index in [2.05, 4.69) is 32.0 Å². The number of carbonyl (C=O) groups excluding carboxylic acids is 1. The van der Waals surface area contributed by atoms with E-state index in [0.29, 0.717) is 11.8 Å². The summed E-state index contributed by atoms with van der Waals surface area (Å²) in [5.41, 5.74) is 6.16. The van der Waals surface area contributed by atoms with Crippen LogP contribution in [0.2, 0.25) is 0 Å². The average Bonchev–Trinajstić information content (AvgIpc) is 2.71. The molecule has 0 aromatic heterocycles. The molecule has 0 saturated heterocycles. The van der Waals surface area contributed by atoms with Crippen molar-refractivity contribution in [2.75, 3.05) is 7.11 Å². The second-order valence-electron chi connectivity index (χ2n) is 5.76. The molecule has 100 valence electrons. The molecular formula is C17H20O2. The predicted molar refractivity (Wildman–Crippen MR) is 75.9 cm³/mol. The summed E-state index contributed by atoms with van der Waals surface area (Å²) in [6, 6.07) is 6.61. The number of benzene rings is 1. The Hall–Kier alpha value is -1.57. The third-order valence-corrected chi connectivity index (χ3v) is 4.66. The number of hydrogen-bond donors (Lipinski definition) is 0. The lowest BCUT2D eigenvalue weighted by Gasteiger charge is -2.25. The zero-order chi connectivity index (χ0) is 13.6. The zero-order valence-electron chi connectivity index (χ0n) is 11.8. The molecule has 0 radical (unpaired) electrons. The van der Waals surface area contributed by atoms with Gasteiger partial charge in [0.1, 0.15) is 0 Å². The molecule has 0 saturated carbocycles. The second kappa shape index (κ2) is 4.52. The summed E-state index contributed by atoms with van der Waals surface area (Å²) in [5, 5.41) is 0. The normalized spacial score (nSPS) is 25.0. The monoisotopic (exact) mass is 256 g/mol. The lowest BCUT2D eigenvalue weighted by atomic mass is 9.80. The molecule has 2 nitrogen and oxygen atoms in total. The fourth-order valence-corrected chi connectivity index (χ4v) is 3.72. The number of rotatable bonds is 1. The van der Waals surface area contributed by atoms with Gasteiger partial charge in [-0.15, -0.1) is 0 Å². The molecule has 0 N–H and O–H groups in total. The fraction of sp³-hybridized carbons (Fsp3) is 0.471. The lowest BCUT2D eigenvalue weighted by Crippen LogP contribution is -2.16. The maximum Gasteiger partial charge on any atom is 0.334 e. The van der Waals surface area contributed by atoms with E-state index in [1.165, 1.54) is 35.8 Å². The summed E-state index contributed by atoms with van der Waals surface area (Å²) >= 11 is 0. The first-order valence-electron chi connectivity index (χ1n) is 7.05. The van der Waals surface area contributed by atoms with Crippen molar-refractivity contribution in [3.8, 4) is 0 Å². The van der Waals surface area contributed by atoms with Gasteiger partial charge in [-0.25, -0.2) is 4.79 Å².